The number of nitrogens with zero attached hydrogens (tertiary/aromatic N) is 2. The Morgan fingerprint density at radius 3 is 3.05 bits per heavy atom. The zero-order valence-corrected chi connectivity index (χ0v) is 12.5. The molecular formula is C16H20N2O3. The summed E-state index contributed by atoms with van der Waals surface area (Å²) >= 11 is 0. The lowest BCUT2D eigenvalue weighted by molar-refractivity contribution is -0.0369. The van der Waals surface area contributed by atoms with Gasteiger partial charge in [0.05, 0.1) is 12.1 Å². The Hall–Kier alpha value is -1.88. The molecule has 0 saturated carbocycles. The van der Waals surface area contributed by atoms with E-state index < -0.39 is 0 Å². The lowest BCUT2D eigenvalue weighted by Gasteiger charge is -2.23. The van der Waals surface area contributed by atoms with Crippen LogP contribution in [0, 0.1) is 6.92 Å². The maximum absolute atomic E-state index is 12.1. The van der Waals surface area contributed by atoms with Crippen LogP contribution in [0.3, 0.4) is 0 Å². The Morgan fingerprint density at radius 1 is 1.48 bits per heavy atom. The predicted octanol–water partition coefficient (Wildman–Crippen LogP) is 3.22. The molecule has 1 aliphatic rings. The Balaban J connectivity index is 2.10. The van der Waals surface area contributed by atoms with Gasteiger partial charge in [-0.15, -0.1) is 0 Å². The molecule has 5 nitrogen and oxygen atoms in total. The van der Waals surface area contributed by atoms with E-state index in [1.807, 2.05) is 29.8 Å². The molecule has 5 heteroatoms. The second-order valence-electron chi connectivity index (χ2n) is 5.36. The standard InChI is InChI=1S/C16H20N2O3/c1-3-20-16(19)15-12-8-7-11(2)10-13(12)18(17-15)14-6-4-5-9-21-14/h7-8,10,14H,3-6,9H2,1-2H3. The first kappa shape index (κ1) is 14.1. The topological polar surface area (TPSA) is 53.3 Å². The van der Waals surface area contributed by atoms with E-state index in [2.05, 4.69) is 5.10 Å². The smallest absolute Gasteiger partial charge is 0.359 e. The van der Waals surface area contributed by atoms with E-state index in [4.69, 9.17) is 9.47 Å². The van der Waals surface area contributed by atoms with Crippen LogP contribution in [-0.4, -0.2) is 29.0 Å². The Kier molecular flexibility index (Phi) is 3.92. The number of fused-ring (bicyclic) bond motifs is 1. The summed E-state index contributed by atoms with van der Waals surface area (Å²) < 4.78 is 12.8. The van der Waals surface area contributed by atoms with Crippen LogP contribution in [0.25, 0.3) is 10.9 Å². The highest BCUT2D eigenvalue weighted by molar-refractivity contribution is 6.02. The lowest BCUT2D eigenvalue weighted by Crippen LogP contribution is -2.19. The van der Waals surface area contributed by atoms with Gasteiger partial charge in [-0.1, -0.05) is 12.1 Å². The quantitative estimate of drug-likeness (QED) is 0.814. The maximum atomic E-state index is 12.1. The van der Waals surface area contributed by atoms with Crippen molar-refractivity contribution in [2.45, 2.75) is 39.3 Å². The number of hydrogen-bond acceptors (Lipinski definition) is 4. The molecule has 1 atom stereocenters. The number of ether oxygens (including phenoxy) is 2. The van der Waals surface area contributed by atoms with Crippen molar-refractivity contribution < 1.29 is 14.3 Å². The van der Waals surface area contributed by atoms with Gasteiger partial charge in [0.1, 0.15) is 0 Å². The highest BCUT2D eigenvalue weighted by Crippen LogP contribution is 2.29. The zero-order chi connectivity index (χ0) is 14.8. The third kappa shape index (κ3) is 2.65. The van der Waals surface area contributed by atoms with E-state index in [0.29, 0.717) is 12.3 Å². The van der Waals surface area contributed by atoms with Crippen LogP contribution in [0.1, 0.15) is 48.5 Å². The van der Waals surface area contributed by atoms with Gasteiger partial charge in [0, 0.05) is 12.0 Å². The number of hydrogen-bond donors (Lipinski definition) is 0. The average Bonchev–Trinajstić information content (AvgIpc) is 2.87. The number of esters is 1. The molecule has 1 aromatic heterocycles. The first-order valence-corrected chi connectivity index (χ1v) is 7.48. The van der Waals surface area contributed by atoms with Gasteiger partial charge in [-0.05, 0) is 44.7 Å². The second kappa shape index (κ2) is 5.85. The number of benzene rings is 1. The number of rotatable bonds is 3. The SMILES string of the molecule is CCOC(=O)c1nn(C2CCCCO2)c2cc(C)ccc12. The van der Waals surface area contributed by atoms with Crippen molar-refractivity contribution in [2.24, 2.45) is 0 Å². The van der Waals surface area contributed by atoms with Gasteiger partial charge in [0.25, 0.3) is 0 Å². The van der Waals surface area contributed by atoms with Crippen molar-refractivity contribution in [3.05, 3.63) is 29.5 Å². The van der Waals surface area contributed by atoms with Crippen LogP contribution in [-0.2, 0) is 9.47 Å². The van der Waals surface area contributed by atoms with E-state index in [-0.39, 0.29) is 12.2 Å². The fraction of sp³-hybridized carbons (Fsp3) is 0.500. The van der Waals surface area contributed by atoms with Crippen molar-refractivity contribution in [2.75, 3.05) is 13.2 Å². The summed E-state index contributed by atoms with van der Waals surface area (Å²) in [6, 6.07) is 5.96. The number of aromatic nitrogens is 2. The summed E-state index contributed by atoms with van der Waals surface area (Å²) in [7, 11) is 0. The molecule has 2 heterocycles. The van der Waals surface area contributed by atoms with E-state index in [1.54, 1.807) is 6.92 Å². The molecule has 0 amide bonds. The highest BCUT2D eigenvalue weighted by Gasteiger charge is 2.24. The lowest BCUT2D eigenvalue weighted by atomic mass is 10.1. The molecule has 1 aliphatic heterocycles. The normalized spacial score (nSPS) is 18.9. The fourth-order valence-corrected chi connectivity index (χ4v) is 2.73. The number of aryl methyl sites for hydroxylation is 1. The minimum atomic E-state index is -0.374. The largest absolute Gasteiger partial charge is 0.461 e. The van der Waals surface area contributed by atoms with Gasteiger partial charge < -0.3 is 9.47 Å². The van der Waals surface area contributed by atoms with Crippen LogP contribution in [0.5, 0.6) is 0 Å². The Labute approximate surface area is 123 Å². The van der Waals surface area contributed by atoms with Crippen molar-refractivity contribution in [3.8, 4) is 0 Å². The summed E-state index contributed by atoms with van der Waals surface area (Å²) in [6.07, 6.45) is 3.03. The molecule has 0 spiro atoms. The van der Waals surface area contributed by atoms with Crippen molar-refractivity contribution in [1.29, 1.82) is 0 Å². The van der Waals surface area contributed by atoms with E-state index in [1.165, 1.54) is 0 Å². The van der Waals surface area contributed by atoms with Crippen LogP contribution in [0.2, 0.25) is 0 Å². The van der Waals surface area contributed by atoms with Gasteiger partial charge in [-0.2, -0.15) is 5.10 Å². The van der Waals surface area contributed by atoms with Crippen LogP contribution in [0.4, 0.5) is 0 Å². The molecule has 1 fully saturated rings. The fourth-order valence-electron chi connectivity index (χ4n) is 2.73. The monoisotopic (exact) mass is 288 g/mol. The third-order valence-electron chi connectivity index (χ3n) is 3.76. The van der Waals surface area contributed by atoms with E-state index in [9.17, 15) is 4.79 Å². The molecular weight excluding hydrogens is 268 g/mol. The van der Waals surface area contributed by atoms with Gasteiger partial charge in [-0.25, -0.2) is 9.48 Å². The number of carbonyl (C=O) groups is 1. The summed E-state index contributed by atoms with van der Waals surface area (Å²) in [5, 5.41) is 5.32. The Morgan fingerprint density at radius 2 is 2.33 bits per heavy atom. The molecule has 1 unspecified atom stereocenters. The first-order valence-electron chi connectivity index (χ1n) is 7.48. The molecule has 1 saturated heterocycles. The molecule has 0 radical (unpaired) electrons. The summed E-state index contributed by atoms with van der Waals surface area (Å²) in [4.78, 5) is 12.1. The molecule has 2 aromatic rings. The van der Waals surface area contributed by atoms with E-state index >= 15 is 0 Å². The van der Waals surface area contributed by atoms with Gasteiger partial charge in [0.15, 0.2) is 11.9 Å². The first-order chi connectivity index (χ1) is 10.2. The summed E-state index contributed by atoms with van der Waals surface area (Å²) in [5.74, 6) is -0.374. The highest BCUT2D eigenvalue weighted by atomic mass is 16.5. The molecule has 0 aliphatic carbocycles. The molecule has 1 aromatic carbocycles. The van der Waals surface area contributed by atoms with Crippen LogP contribution >= 0.6 is 0 Å². The van der Waals surface area contributed by atoms with Crippen LogP contribution < -0.4 is 0 Å². The minimum absolute atomic E-state index is 0.0915. The summed E-state index contributed by atoms with van der Waals surface area (Å²) in [5.41, 5.74) is 2.45. The van der Waals surface area contributed by atoms with E-state index in [0.717, 1.165) is 42.3 Å². The zero-order valence-electron chi connectivity index (χ0n) is 12.5. The van der Waals surface area contributed by atoms with Gasteiger partial charge >= 0.3 is 5.97 Å². The van der Waals surface area contributed by atoms with Crippen LogP contribution in [0.15, 0.2) is 18.2 Å². The van der Waals surface area contributed by atoms with Gasteiger partial charge in [0.2, 0.25) is 0 Å². The molecule has 21 heavy (non-hydrogen) atoms. The molecule has 0 N–H and O–H groups in total. The molecule has 0 bridgehead atoms. The van der Waals surface area contributed by atoms with Gasteiger partial charge in [-0.3, -0.25) is 0 Å². The van der Waals surface area contributed by atoms with Crippen molar-refractivity contribution >= 4 is 16.9 Å². The second-order valence-corrected chi connectivity index (χ2v) is 5.36. The number of carbonyl (C=O) groups excluding carboxylic acids is 1. The molecule has 3 rings (SSSR count). The summed E-state index contributed by atoms with van der Waals surface area (Å²) in [6.45, 7) is 4.92. The molecule has 112 valence electrons. The van der Waals surface area contributed by atoms with Crippen molar-refractivity contribution in [3.63, 3.8) is 0 Å². The third-order valence-corrected chi connectivity index (χ3v) is 3.76. The Bertz CT molecular complexity index is 657. The average molecular weight is 288 g/mol. The maximum Gasteiger partial charge on any atom is 0.359 e. The van der Waals surface area contributed by atoms with Crippen molar-refractivity contribution in [1.82, 2.24) is 9.78 Å². The minimum Gasteiger partial charge on any atom is -0.461 e. The predicted molar refractivity (Wildman–Crippen MR) is 79.3 cm³/mol.